The molecule has 6 aromatic carbocycles. The average molecular weight is 823 g/mol. The molecule has 0 saturated heterocycles. The Balaban J connectivity index is 1.46. The highest BCUT2D eigenvalue weighted by Crippen LogP contribution is 2.46. The van der Waals surface area contributed by atoms with Gasteiger partial charge in [-0.2, -0.15) is 52.7 Å². The van der Waals surface area contributed by atoms with Crippen LogP contribution in [0.4, 0.5) is 52.7 Å². The third-order valence-electron chi connectivity index (χ3n) is 9.56. The highest BCUT2D eigenvalue weighted by Gasteiger charge is 2.39. The van der Waals surface area contributed by atoms with Crippen LogP contribution in [0.15, 0.2) is 133 Å². The normalized spacial score (nSPS) is 12.7. The maximum absolute atomic E-state index is 14.9. The molecular weight excluding hydrogens is 800 g/mol. The summed E-state index contributed by atoms with van der Waals surface area (Å²) in [5.74, 6) is -0.00769. The van der Waals surface area contributed by atoms with Gasteiger partial charge < -0.3 is 4.57 Å². The van der Waals surface area contributed by atoms with Crippen molar-refractivity contribution in [2.24, 2.45) is 0 Å². The zero-order valence-corrected chi connectivity index (χ0v) is 29.5. The minimum absolute atomic E-state index is 0.0399. The third-order valence-corrected chi connectivity index (χ3v) is 9.56. The van der Waals surface area contributed by atoms with Gasteiger partial charge in [0.1, 0.15) is 0 Å². The van der Waals surface area contributed by atoms with Crippen molar-refractivity contribution in [1.82, 2.24) is 19.5 Å². The van der Waals surface area contributed by atoms with Gasteiger partial charge in [0.05, 0.1) is 33.3 Å². The number of rotatable bonds is 5. The molecule has 0 amide bonds. The first-order valence-corrected chi connectivity index (χ1v) is 17.3. The van der Waals surface area contributed by atoms with E-state index in [0.29, 0.717) is 47.5 Å². The molecule has 2 aromatic heterocycles. The van der Waals surface area contributed by atoms with Crippen LogP contribution < -0.4 is 0 Å². The van der Waals surface area contributed by atoms with E-state index >= 15 is 0 Å². The van der Waals surface area contributed by atoms with Crippen LogP contribution in [0.2, 0.25) is 0 Å². The van der Waals surface area contributed by atoms with E-state index in [1.165, 1.54) is 16.7 Å². The largest absolute Gasteiger partial charge is 0.417 e. The summed E-state index contributed by atoms with van der Waals surface area (Å²) in [5, 5.41) is -0.510. The van der Waals surface area contributed by atoms with E-state index in [2.05, 4.69) is 15.0 Å². The lowest BCUT2D eigenvalue weighted by Gasteiger charge is -2.20. The van der Waals surface area contributed by atoms with Gasteiger partial charge in [0.25, 0.3) is 0 Å². The molecule has 0 atom stereocenters. The van der Waals surface area contributed by atoms with E-state index in [-0.39, 0.29) is 62.2 Å². The van der Waals surface area contributed by atoms with Crippen LogP contribution in [-0.2, 0) is 24.7 Å². The summed E-state index contributed by atoms with van der Waals surface area (Å²) in [6.45, 7) is 0. The molecule has 0 radical (unpaired) electrons. The number of fused-ring (bicyclic) bond motifs is 3. The fourth-order valence-electron chi connectivity index (χ4n) is 6.86. The van der Waals surface area contributed by atoms with E-state index in [1.54, 1.807) is 60.7 Å². The van der Waals surface area contributed by atoms with Gasteiger partial charge in [-0.15, -0.1) is 0 Å². The van der Waals surface area contributed by atoms with Gasteiger partial charge in [-0.1, -0.05) is 66.7 Å². The van der Waals surface area contributed by atoms with Crippen LogP contribution in [-0.4, -0.2) is 19.5 Å². The fourth-order valence-corrected chi connectivity index (χ4v) is 6.86. The van der Waals surface area contributed by atoms with Gasteiger partial charge in [-0.25, -0.2) is 15.0 Å². The third kappa shape index (κ3) is 7.45. The standard InChI is InChI=1S/C43H22F12N4/c44-40(45,46)25-12-17-35-32(19-25)33-20-26(41(47,48)49)13-18-36(33)59(35)28-14-16-30(31(22-28)29-15-11-27(42(50,51)52)21-34(29)43(53,54)55)39-57-37(23-7-3-1-4-8-23)56-38(58-39)24-9-5-2-6-10-24/h1-22H. The van der Waals surface area contributed by atoms with E-state index in [0.717, 1.165) is 18.2 Å². The van der Waals surface area contributed by atoms with Crippen LogP contribution in [0.3, 0.4) is 0 Å². The second kappa shape index (κ2) is 14.0. The molecule has 0 fully saturated rings. The van der Waals surface area contributed by atoms with Crippen LogP contribution in [0, 0.1) is 0 Å². The summed E-state index contributed by atoms with van der Waals surface area (Å²) in [6.07, 6.45) is -20.3. The summed E-state index contributed by atoms with van der Waals surface area (Å²) < 4.78 is 171. The molecule has 0 aliphatic carbocycles. The van der Waals surface area contributed by atoms with Crippen molar-refractivity contribution in [2.45, 2.75) is 24.7 Å². The molecule has 0 spiro atoms. The van der Waals surface area contributed by atoms with Crippen molar-refractivity contribution in [3.8, 4) is 51.0 Å². The molecule has 0 aliphatic rings. The quantitative estimate of drug-likeness (QED) is 0.162. The van der Waals surface area contributed by atoms with Crippen molar-refractivity contribution in [2.75, 3.05) is 0 Å². The summed E-state index contributed by atoms with van der Waals surface area (Å²) in [4.78, 5) is 13.8. The number of nitrogens with zero attached hydrogens (tertiary/aromatic N) is 4. The van der Waals surface area contributed by atoms with Crippen molar-refractivity contribution < 1.29 is 52.7 Å². The first kappa shape index (κ1) is 39.1. The summed E-state index contributed by atoms with van der Waals surface area (Å²) in [5.41, 5.74) is -6.02. The monoisotopic (exact) mass is 822 g/mol. The summed E-state index contributed by atoms with van der Waals surface area (Å²) >= 11 is 0. The lowest BCUT2D eigenvalue weighted by atomic mass is 9.92. The number of benzene rings is 6. The van der Waals surface area contributed by atoms with E-state index in [9.17, 15) is 52.7 Å². The number of alkyl halides is 12. The van der Waals surface area contributed by atoms with E-state index < -0.39 is 52.5 Å². The van der Waals surface area contributed by atoms with Crippen LogP contribution >= 0.6 is 0 Å². The molecule has 298 valence electrons. The van der Waals surface area contributed by atoms with E-state index in [1.807, 2.05) is 0 Å². The molecule has 8 aromatic rings. The molecule has 0 saturated carbocycles. The minimum Gasteiger partial charge on any atom is -0.309 e. The molecule has 0 aliphatic heterocycles. The molecule has 0 unspecified atom stereocenters. The Bertz CT molecular complexity index is 2750. The highest BCUT2D eigenvalue weighted by molar-refractivity contribution is 6.10. The lowest BCUT2D eigenvalue weighted by Crippen LogP contribution is -2.12. The Morgan fingerprint density at radius 2 is 0.780 bits per heavy atom. The van der Waals surface area contributed by atoms with Crippen LogP contribution in [0.25, 0.3) is 72.8 Å². The smallest absolute Gasteiger partial charge is 0.309 e. The van der Waals surface area contributed by atoms with Crippen molar-refractivity contribution in [1.29, 1.82) is 0 Å². The minimum atomic E-state index is -5.36. The predicted octanol–water partition coefficient (Wildman–Crippen LogP) is 13.7. The average Bonchev–Trinajstić information content (AvgIpc) is 3.53. The van der Waals surface area contributed by atoms with Gasteiger partial charge in [0.2, 0.25) is 0 Å². The molecule has 59 heavy (non-hydrogen) atoms. The van der Waals surface area contributed by atoms with Gasteiger partial charge in [0, 0.05) is 33.2 Å². The zero-order valence-electron chi connectivity index (χ0n) is 29.5. The maximum Gasteiger partial charge on any atom is 0.417 e. The van der Waals surface area contributed by atoms with Gasteiger partial charge in [0.15, 0.2) is 17.5 Å². The predicted molar refractivity (Wildman–Crippen MR) is 196 cm³/mol. The first-order valence-electron chi connectivity index (χ1n) is 17.3. The van der Waals surface area contributed by atoms with Gasteiger partial charge in [-0.3, -0.25) is 0 Å². The summed E-state index contributed by atoms with van der Waals surface area (Å²) in [7, 11) is 0. The highest BCUT2D eigenvalue weighted by atomic mass is 19.4. The van der Waals surface area contributed by atoms with Gasteiger partial charge in [-0.05, 0) is 77.9 Å². The van der Waals surface area contributed by atoms with Crippen molar-refractivity contribution in [3.05, 3.63) is 156 Å². The number of halogens is 12. The Morgan fingerprint density at radius 3 is 1.24 bits per heavy atom. The lowest BCUT2D eigenvalue weighted by molar-refractivity contribution is -0.143. The maximum atomic E-state index is 14.9. The molecule has 0 N–H and O–H groups in total. The SMILES string of the molecule is FC(F)(F)c1ccc(-c2cc(-n3c4ccc(C(F)(F)F)cc4c4cc(C(F)(F)F)ccc43)ccc2-c2nc(-c3ccccc3)nc(-c3ccccc3)n2)c(C(F)(F)F)c1. The number of aromatic nitrogens is 4. The molecule has 8 rings (SSSR count). The van der Waals surface area contributed by atoms with Gasteiger partial charge >= 0.3 is 24.7 Å². The first-order chi connectivity index (χ1) is 27.8. The molecule has 4 nitrogen and oxygen atoms in total. The Kier molecular flexibility index (Phi) is 9.28. The second-order valence-electron chi connectivity index (χ2n) is 13.3. The molecule has 2 heterocycles. The Labute approximate surface area is 325 Å². The topological polar surface area (TPSA) is 43.6 Å². The summed E-state index contributed by atoms with van der Waals surface area (Å²) in [6, 6.07) is 26.6. The van der Waals surface area contributed by atoms with E-state index in [4.69, 9.17) is 0 Å². The van der Waals surface area contributed by atoms with Crippen molar-refractivity contribution in [3.63, 3.8) is 0 Å². The van der Waals surface area contributed by atoms with Crippen LogP contribution in [0.1, 0.15) is 22.3 Å². The molecule has 0 bridgehead atoms. The zero-order chi connectivity index (χ0) is 42.1. The van der Waals surface area contributed by atoms with Crippen molar-refractivity contribution >= 4 is 21.8 Å². The fraction of sp³-hybridized carbons (Fsp3) is 0.0930. The number of hydrogen-bond acceptors (Lipinski definition) is 3. The van der Waals surface area contributed by atoms with Crippen LogP contribution in [0.5, 0.6) is 0 Å². The molecule has 16 heteroatoms. The Morgan fingerprint density at radius 1 is 0.356 bits per heavy atom. The molecular formula is C43H22F12N4. The second-order valence-corrected chi connectivity index (χ2v) is 13.3. The Hall–Kier alpha value is -6.71. The number of hydrogen-bond donors (Lipinski definition) is 0.